The van der Waals surface area contributed by atoms with Crippen LogP contribution in [0.15, 0.2) is 59.0 Å². The molecule has 0 saturated carbocycles. The molecule has 0 unspecified atom stereocenters. The minimum absolute atomic E-state index is 0.00869. The van der Waals surface area contributed by atoms with Crippen LogP contribution < -0.4 is 4.90 Å². The third-order valence-corrected chi connectivity index (χ3v) is 6.05. The van der Waals surface area contributed by atoms with Crippen molar-refractivity contribution in [2.75, 3.05) is 31.1 Å². The van der Waals surface area contributed by atoms with Crippen LogP contribution in [0.25, 0.3) is 22.4 Å². The maximum absolute atomic E-state index is 13.2. The lowest BCUT2D eigenvalue weighted by atomic mass is 10.0. The number of piperazine rings is 1. The molecule has 0 bridgehead atoms. The van der Waals surface area contributed by atoms with Gasteiger partial charge < -0.3 is 19.3 Å². The quantitative estimate of drug-likeness (QED) is 0.486. The molecule has 5 rings (SSSR count). The molecule has 7 nitrogen and oxygen atoms in total. The molecule has 168 valence electrons. The normalized spacial score (nSPS) is 14.2. The van der Waals surface area contributed by atoms with E-state index >= 15 is 0 Å². The summed E-state index contributed by atoms with van der Waals surface area (Å²) in [5.74, 6) is -0.0553. The number of aromatic nitrogens is 2. The van der Waals surface area contributed by atoms with E-state index in [-0.39, 0.29) is 12.5 Å². The highest BCUT2D eigenvalue weighted by Gasteiger charge is 2.25. The first-order valence-electron chi connectivity index (χ1n) is 10.8. The molecule has 3 heterocycles. The van der Waals surface area contributed by atoms with E-state index in [2.05, 4.69) is 9.97 Å². The van der Waals surface area contributed by atoms with Crippen LogP contribution in [0.2, 0.25) is 5.02 Å². The number of carbonyl (C=O) groups is 1. The van der Waals surface area contributed by atoms with Crippen LogP contribution in [0, 0.1) is 6.92 Å². The number of pyridine rings is 1. The first-order chi connectivity index (χ1) is 16.0. The van der Waals surface area contributed by atoms with Crippen LogP contribution in [0.1, 0.15) is 21.6 Å². The summed E-state index contributed by atoms with van der Waals surface area (Å²) in [6.45, 7) is 4.25. The summed E-state index contributed by atoms with van der Waals surface area (Å²) in [5.41, 5.74) is 5.34. The number of aliphatic hydroxyl groups is 1. The highest BCUT2D eigenvalue weighted by atomic mass is 35.5. The summed E-state index contributed by atoms with van der Waals surface area (Å²) < 4.78 is 5.86. The van der Waals surface area contributed by atoms with Crippen LogP contribution in [-0.4, -0.2) is 52.1 Å². The number of hydrogen-bond donors (Lipinski definition) is 1. The zero-order chi connectivity index (χ0) is 22.9. The highest BCUT2D eigenvalue weighted by molar-refractivity contribution is 6.31. The average Bonchev–Trinajstić information content (AvgIpc) is 3.26. The number of rotatable bonds is 4. The van der Waals surface area contributed by atoms with Crippen molar-refractivity contribution in [1.29, 1.82) is 0 Å². The van der Waals surface area contributed by atoms with Crippen molar-refractivity contribution in [3.8, 4) is 11.1 Å². The Morgan fingerprint density at radius 3 is 2.48 bits per heavy atom. The third kappa shape index (κ3) is 4.42. The summed E-state index contributed by atoms with van der Waals surface area (Å²) in [6, 6.07) is 17.3. The van der Waals surface area contributed by atoms with Gasteiger partial charge in [-0.2, -0.15) is 4.98 Å². The van der Waals surface area contributed by atoms with Gasteiger partial charge in [-0.25, -0.2) is 4.98 Å². The number of oxazole rings is 1. The lowest BCUT2D eigenvalue weighted by Crippen LogP contribution is -2.48. The van der Waals surface area contributed by atoms with E-state index < -0.39 is 0 Å². The fourth-order valence-corrected chi connectivity index (χ4v) is 4.24. The fourth-order valence-electron chi connectivity index (χ4n) is 4.00. The van der Waals surface area contributed by atoms with Gasteiger partial charge in [0.05, 0.1) is 6.61 Å². The number of hydrogen-bond acceptors (Lipinski definition) is 6. The predicted molar refractivity (Wildman–Crippen MR) is 127 cm³/mol. The van der Waals surface area contributed by atoms with Crippen molar-refractivity contribution < 1.29 is 14.3 Å². The van der Waals surface area contributed by atoms with Gasteiger partial charge in [-0.05, 0) is 53.9 Å². The molecule has 1 saturated heterocycles. The number of aryl methyl sites for hydroxylation is 1. The number of anilines is 1. The number of aliphatic hydroxyl groups excluding tert-OH is 1. The molecule has 33 heavy (non-hydrogen) atoms. The Morgan fingerprint density at radius 2 is 1.76 bits per heavy atom. The van der Waals surface area contributed by atoms with Gasteiger partial charge in [-0.3, -0.25) is 4.79 Å². The third-order valence-electron chi connectivity index (χ3n) is 5.83. The van der Waals surface area contributed by atoms with E-state index in [4.69, 9.17) is 16.0 Å². The Bertz CT molecular complexity index is 1310. The molecule has 0 atom stereocenters. The molecule has 1 aliphatic rings. The van der Waals surface area contributed by atoms with Crippen molar-refractivity contribution in [3.63, 3.8) is 0 Å². The van der Waals surface area contributed by atoms with Crippen LogP contribution >= 0.6 is 11.6 Å². The van der Waals surface area contributed by atoms with Gasteiger partial charge in [0.2, 0.25) is 5.65 Å². The van der Waals surface area contributed by atoms with Gasteiger partial charge in [0.1, 0.15) is 0 Å². The molecule has 1 amide bonds. The van der Waals surface area contributed by atoms with Gasteiger partial charge in [0.15, 0.2) is 5.58 Å². The fraction of sp³-hybridized carbons (Fsp3) is 0.240. The largest absolute Gasteiger partial charge is 0.422 e. The Labute approximate surface area is 196 Å². The summed E-state index contributed by atoms with van der Waals surface area (Å²) in [5, 5.41) is 9.77. The number of nitrogens with zero attached hydrogens (tertiary/aromatic N) is 4. The first-order valence-corrected chi connectivity index (χ1v) is 11.2. The van der Waals surface area contributed by atoms with E-state index in [0.29, 0.717) is 54.0 Å². The molecule has 0 aliphatic carbocycles. The van der Waals surface area contributed by atoms with Crippen molar-refractivity contribution in [1.82, 2.24) is 14.9 Å². The molecule has 2 aromatic heterocycles. The highest BCUT2D eigenvalue weighted by Crippen LogP contribution is 2.27. The van der Waals surface area contributed by atoms with E-state index in [1.807, 2.05) is 65.3 Å². The topological polar surface area (TPSA) is 82.7 Å². The van der Waals surface area contributed by atoms with Crippen molar-refractivity contribution in [2.24, 2.45) is 0 Å². The molecule has 1 aliphatic heterocycles. The summed E-state index contributed by atoms with van der Waals surface area (Å²) in [7, 11) is 0. The minimum Gasteiger partial charge on any atom is -0.422 e. The number of benzene rings is 2. The second kappa shape index (κ2) is 8.84. The van der Waals surface area contributed by atoms with Crippen LogP contribution in [0.5, 0.6) is 0 Å². The lowest BCUT2D eigenvalue weighted by molar-refractivity contribution is 0.0745. The summed E-state index contributed by atoms with van der Waals surface area (Å²) in [6.07, 6.45) is 0. The van der Waals surface area contributed by atoms with E-state index in [9.17, 15) is 9.90 Å². The maximum Gasteiger partial charge on any atom is 0.300 e. The first kappa shape index (κ1) is 21.4. The molecule has 0 radical (unpaired) electrons. The standard InChI is InChI=1S/C25H23ClN4O3/c1-16-2-7-22-23(27-16)28-25(33-22)30-10-8-29(9-11-30)24(32)20-12-19(13-21(26)14-20)18-5-3-17(15-31)4-6-18/h2-7,12-14,31H,8-11,15H2,1H3. The van der Waals surface area contributed by atoms with Crippen LogP contribution in [-0.2, 0) is 6.61 Å². The number of carbonyl (C=O) groups excluding carboxylic acids is 1. The molecule has 8 heteroatoms. The van der Waals surface area contributed by atoms with Gasteiger partial charge >= 0.3 is 0 Å². The second-order valence-corrected chi connectivity index (χ2v) is 8.57. The Balaban J connectivity index is 1.30. The van der Waals surface area contributed by atoms with E-state index in [0.717, 1.165) is 22.4 Å². The second-order valence-electron chi connectivity index (χ2n) is 8.13. The maximum atomic E-state index is 13.2. The Morgan fingerprint density at radius 1 is 1.00 bits per heavy atom. The molecular weight excluding hydrogens is 440 g/mol. The molecule has 4 aromatic rings. The zero-order valence-electron chi connectivity index (χ0n) is 18.2. The van der Waals surface area contributed by atoms with E-state index in [1.165, 1.54) is 0 Å². The monoisotopic (exact) mass is 462 g/mol. The zero-order valence-corrected chi connectivity index (χ0v) is 18.9. The lowest BCUT2D eigenvalue weighted by Gasteiger charge is -2.34. The van der Waals surface area contributed by atoms with Crippen LogP contribution in [0.4, 0.5) is 6.01 Å². The molecule has 2 aromatic carbocycles. The number of fused-ring (bicyclic) bond motifs is 1. The molecule has 1 fully saturated rings. The molecule has 0 spiro atoms. The Kier molecular flexibility index (Phi) is 5.74. The number of amides is 1. The SMILES string of the molecule is Cc1ccc2oc(N3CCN(C(=O)c4cc(Cl)cc(-c5ccc(CO)cc5)c4)CC3)nc2n1. The minimum atomic E-state index is -0.0553. The number of halogens is 1. The molecule has 1 N–H and O–H groups in total. The average molecular weight is 463 g/mol. The van der Waals surface area contributed by atoms with Gasteiger partial charge in [-0.15, -0.1) is 0 Å². The summed E-state index contributed by atoms with van der Waals surface area (Å²) >= 11 is 6.35. The van der Waals surface area contributed by atoms with E-state index in [1.54, 1.807) is 6.07 Å². The Hall–Kier alpha value is -3.42. The van der Waals surface area contributed by atoms with Gasteiger partial charge in [-0.1, -0.05) is 35.9 Å². The van der Waals surface area contributed by atoms with Crippen molar-refractivity contribution in [2.45, 2.75) is 13.5 Å². The summed E-state index contributed by atoms with van der Waals surface area (Å²) in [4.78, 5) is 26.0. The molecular formula is C25H23ClN4O3. The van der Waals surface area contributed by atoms with Crippen molar-refractivity contribution >= 4 is 34.8 Å². The van der Waals surface area contributed by atoms with Gasteiger partial charge in [0.25, 0.3) is 11.9 Å². The predicted octanol–water partition coefficient (Wildman–Crippen LogP) is 4.31. The van der Waals surface area contributed by atoms with Crippen molar-refractivity contribution in [3.05, 3.63) is 76.4 Å². The van der Waals surface area contributed by atoms with Crippen LogP contribution in [0.3, 0.4) is 0 Å². The smallest absolute Gasteiger partial charge is 0.300 e. The van der Waals surface area contributed by atoms with Gasteiger partial charge in [0, 0.05) is 42.5 Å².